The molecule has 1 rings (SSSR count). The molecule has 3 nitrogen and oxygen atoms in total. The second kappa shape index (κ2) is 4.72. The molecule has 0 saturated heterocycles. The van der Waals surface area contributed by atoms with E-state index in [1.165, 1.54) is 0 Å². The Kier molecular flexibility index (Phi) is 3.58. The third-order valence-corrected chi connectivity index (χ3v) is 1.78. The molecule has 0 saturated carbocycles. The average Bonchev–Trinajstić information content (AvgIpc) is 2.15. The summed E-state index contributed by atoms with van der Waals surface area (Å²) in [4.78, 5) is 4.27. The minimum atomic E-state index is 0.190. The van der Waals surface area contributed by atoms with Crippen molar-refractivity contribution in [2.24, 2.45) is 0 Å². The second-order valence-electron chi connectivity index (χ2n) is 2.97. The van der Waals surface area contributed by atoms with Crippen LogP contribution in [0.25, 0.3) is 0 Å². The van der Waals surface area contributed by atoms with Gasteiger partial charge in [0.1, 0.15) is 0 Å². The standard InChI is InChI=1S/C10H14N2O/c1-8(11)10-6-2-4-9(12-10)5-3-7-13/h2,4,6,11,13H,3,5,7H2,1H3. The third kappa shape index (κ3) is 2.95. The lowest BCUT2D eigenvalue weighted by Crippen LogP contribution is -2.00. The molecule has 3 heteroatoms. The van der Waals surface area contributed by atoms with Crippen molar-refractivity contribution >= 4 is 5.71 Å². The van der Waals surface area contributed by atoms with Gasteiger partial charge in [0.15, 0.2) is 0 Å². The quantitative estimate of drug-likeness (QED) is 0.684. The predicted octanol–water partition coefficient (Wildman–Crippen LogP) is 1.39. The lowest BCUT2D eigenvalue weighted by atomic mass is 10.2. The summed E-state index contributed by atoms with van der Waals surface area (Å²) in [6.45, 7) is 1.91. The summed E-state index contributed by atoms with van der Waals surface area (Å²) in [5.74, 6) is 0. The Bertz CT molecular complexity index is 297. The number of nitrogens with one attached hydrogen (secondary N) is 1. The number of hydrogen-bond acceptors (Lipinski definition) is 3. The Labute approximate surface area is 78.0 Å². The highest BCUT2D eigenvalue weighted by Crippen LogP contribution is 2.02. The Balaban J connectivity index is 2.73. The lowest BCUT2D eigenvalue weighted by molar-refractivity contribution is 0.288. The van der Waals surface area contributed by atoms with Gasteiger partial charge in [-0.3, -0.25) is 4.98 Å². The first-order valence-electron chi connectivity index (χ1n) is 4.36. The van der Waals surface area contributed by atoms with Crippen molar-refractivity contribution in [1.82, 2.24) is 4.98 Å². The number of nitrogens with zero attached hydrogens (tertiary/aromatic N) is 1. The number of hydrogen-bond donors (Lipinski definition) is 2. The van der Waals surface area contributed by atoms with Crippen LogP contribution < -0.4 is 0 Å². The number of pyridine rings is 1. The molecule has 0 atom stereocenters. The first-order chi connectivity index (χ1) is 6.24. The molecule has 1 heterocycles. The number of aliphatic hydroxyl groups is 1. The van der Waals surface area contributed by atoms with Gasteiger partial charge in [-0.2, -0.15) is 0 Å². The first-order valence-corrected chi connectivity index (χ1v) is 4.36. The van der Waals surface area contributed by atoms with Crippen LogP contribution in [0, 0.1) is 5.41 Å². The highest BCUT2D eigenvalue weighted by Gasteiger charge is 1.98. The van der Waals surface area contributed by atoms with Crippen LogP contribution in [0.2, 0.25) is 0 Å². The molecule has 0 unspecified atom stereocenters. The van der Waals surface area contributed by atoms with E-state index < -0.39 is 0 Å². The number of aryl methyl sites for hydroxylation is 1. The molecule has 0 aromatic carbocycles. The molecule has 0 fully saturated rings. The van der Waals surface area contributed by atoms with Crippen LogP contribution in [0.5, 0.6) is 0 Å². The van der Waals surface area contributed by atoms with Crippen molar-refractivity contribution in [2.45, 2.75) is 19.8 Å². The summed E-state index contributed by atoms with van der Waals surface area (Å²) in [5, 5.41) is 16.0. The van der Waals surface area contributed by atoms with Gasteiger partial charge in [-0.25, -0.2) is 0 Å². The van der Waals surface area contributed by atoms with Crippen LogP contribution in [0.4, 0.5) is 0 Å². The van der Waals surface area contributed by atoms with Crippen molar-refractivity contribution in [3.05, 3.63) is 29.6 Å². The Morgan fingerprint density at radius 2 is 2.31 bits per heavy atom. The summed E-state index contributed by atoms with van der Waals surface area (Å²) in [6.07, 6.45) is 1.51. The monoisotopic (exact) mass is 178 g/mol. The van der Waals surface area contributed by atoms with Crippen molar-refractivity contribution < 1.29 is 5.11 Å². The van der Waals surface area contributed by atoms with Gasteiger partial charge in [-0.15, -0.1) is 0 Å². The van der Waals surface area contributed by atoms with Crippen LogP contribution in [-0.2, 0) is 6.42 Å². The van der Waals surface area contributed by atoms with Crippen molar-refractivity contribution in [3.8, 4) is 0 Å². The Hall–Kier alpha value is -1.22. The second-order valence-corrected chi connectivity index (χ2v) is 2.97. The summed E-state index contributed by atoms with van der Waals surface area (Å²) in [5.41, 5.74) is 2.14. The summed E-state index contributed by atoms with van der Waals surface area (Å²) >= 11 is 0. The Morgan fingerprint density at radius 1 is 1.54 bits per heavy atom. The van der Waals surface area contributed by atoms with Gasteiger partial charge in [0.05, 0.1) is 11.4 Å². The average molecular weight is 178 g/mol. The van der Waals surface area contributed by atoms with E-state index in [1.54, 1.807) is 6.92 Å². The van der Waals surface area contributed by atoms with Gasteiger partial charge in [0, 0.05) is 12.3 Å². The minimum absolute atomic E-state index is 0.190. The zero-order valence-electron chi connectivity index (χ0n) is 7.75. The van der Waals surface area contributed by atoms with E-state index in [9.17, 15) is 0 Å². The summed E-state index contributed by atoms with van der Waals surface area (Å²) in [7, 11) is 0. The van der Waals surface area contributed by atoms with E-state index in [1.807, 2.05) is 18.2 Å². The maximum Gasteiger partial charge on any atom is 0.0837 e. The maximum absolute atomic E-state index is 8.64. The highest BCUT2D eigenvalue weighted by atomic mass is 16.2. The summed E-state index contributed by atoms with van der Waals surface area (Å²) < 4.78 is 0. The van der Waals surface area contributed by atoms with E-state index in [0.717, 1.165) is 24.2 Å². The van der Waals surface area contributed by atoms with E-state index in [4.69, 9.17) is 10.5 Å². The molecule has 1 aromatic rings. The van der Waals surface area contributed by atoms with Gasteiger partial charge in [-0.1, -0.05) is 6.07 Å². The third-order valence-electron chi connectivity index (χ3n) is 1.78. The molecule has 0 spiro atoms. The minimum Gasteiger partial charge on any atom is -0.396 e. The molecule has 0 aliphatic carbocycles. The predicted molar refractivity (Wildman–Crippen MR) is 52.1 cm³/mol. The highest BCUT2D eigenvalue weighted by molar-refractivity contribution is 5.94. The largest absolute Gasteiger partial charge is 0.396 e. The molecule has 0 bridgehead atoms. The van der Waals surface area contributed by atoms with Crippen molar-refractivity contribution in [3.63, 3.8) is 0 Å². The van der Waals surface area contributed by atoms with Gasteiger partial charge in [0.25, 0.3) is 0 Å². The van der Waals surface area contributed by atoms with E-state index in [-0.39, 0.29) is 6.61 Å². The SMILES string of the molecule is CC(=N)c1cccc(CCCO)n1. The van der Waals surface area contributed by atoms with E-state index >= 15 is 0 Å². The normalized spacial score (nSPS) is 10.0. The molecular formula is C10H14N2O. The lowest BCUT2D eigenvalue weighted by Gasteiger charge is -2.01. The number of rotatable bonds is 4. The molecule has 1 aromatic heterocycles. The molecule has 70 valence electrons. The smallest absolute Gasteiger partial charge is 0.0837 e. The molecule has 0 amide bonds. The van der Waals surface area contributed by atoms with Crippen molar-refractivity contribution in [2.75, 3.05) is 6.61 Å². The fourth-order valence-electron chi connectivity index (χ4n) is 1.09. The van der Waals surface area contributed by atoms with E-state index in [0.29, 0.717) is 5.71 Å². The van der Waals surface area contributed by atoms with Crippen LogP contribution in [0.15, 0.2) is 18.2 Å². The molecule has 0 radical (unpaired) electrons. The molecular weight excluding hydrogens is 164 g/mol. The van der Waals surface area contributed by atoms with Crippen LogP contribution in [0.1, 0.15) is 24.7 Å². The van der Waals surface area contributed by atoms with Crippen molar-refractivity contribution in [1.29, 1.82) is 5.41 Å². The van der Waals surface area contributed by atoms with Crippen LogP contribution in [0.3, 0.4) is 0 Å². The van der Waals surface area contributed by atoms with Crippen LogP contribution >= 0.6 is 0 Å². The zero-order chi connectivity index (χ0) is 9.68. The Morgan fingerprint density at radius 3 is 2.92 bits per heavy atom. The van der Waals surface area contributed by atoms with Gasteiger partial charge in [-0.05, 0) is 31.9 Å². The fourth-order valence-corrected chi connectivity index (χ4v) is 1.09. The number of aromatic nitrogens is 1. The van der Waals surface area contributed by atoms with Gasteiger partial charge in [0.2, 0.25) is 0 Å². The van der Waals surface area contributed by atoms with E-state index in [2.05, 4.69) is 4.98 Å². The zero-order valence-corrected chi connectivity index (χ0v) is 7.75. The summed E-state index contributed by atoms with van der Waals surface area (Å²) in [6, 6.07) is 5.64. The van der Waals surface area contributed by atoms with Gasteiger partial charge >= 0.3 is 0 Å². The van der Waals surface area contributed by atoms with Gasteiger partial charge < -0.3 is 10.5 Å². The molecule has 0 aliphatic rings. The molecule has 2 N–H and O–H groups in total. The number of aliphatic hydroxyl groups excluding tert-OH is 1. The topological polar surface area (TPSA) is 57.0 Å². The fraction of sp³-hybridized carbons (Fsp3) is 0.400. The van der Waals surface area contributed by atoms with Crippen LogP contribution in [-0.4, -0.2) is 22.4 Å². The molecule has 0 aliphatic heterocycles. The molecule has 13 heavy (non-hydrogen) atoms. The first kappa shape index (κ1) is 9.86. The maximum atomic E-state index is 8.64.